The molecule has 1 amide bonds. The molecule has 2 heterocycles. The highest BCUT2D eigenvalue weighted by molar-refractivity contribution is 6.46. The molecule has 0 bridgehead atoms. The summed E-state index contributed by atoms with van der Waals surface area (Å²) in [5, 5.41) is 11.2. The number of rotatable bonds is 5. The van der Waals surface area contributed by atoms with Crippen LogP contribution in [-0.4, -0.2) is 28.8 Å². The number of ether oxygens (including phenoxy) is 1. The summed E-state index contributed by atoms with van der Waals surface area (Å²) in [5.74, 6) is -1.26. The van der Waals surface area contributed by atoms with Crippen LogP contribution in [0, 0.1) is 19.7 Å². The number of aryl methyl sites for hydroxylation is 2. The zero-order valence-corrected chi connectivity index (χ0v) is 17.9. The Kier molecular flexibility index (Phi) is 5.57. The molecule has 0 saturated carbocycles. The molecule has 1 fully saturated rings. The number of methoxy groups -OCH3 is 1. The second-order valence-corrected chi connectivity index (χ2v) is 7.71. The van der Waals surface area contributed by atoms with Crippen LogP contribution in [0.2, 0.25) is 0 Å². The van der Waals surface area contributed by atoms with E-state index in [-0.39, 0.29) is 17.9 Å². The number of Topliss-reactive ketones (excluding diaryl/α,β-unsaturated/α-hetero) is 1. The number of aliphatic hydroxyl groups is 1. The Morgan fingerprint density at radius 2 is 1.84 bits per heavy atom. The van der Waals surface area contributed by atoms with E-state index in [2.05, 4.69) is 0 Å². The Balaban J connectivity index is 1.85. The molecular weight excluding hydrogens is 413 g/mol. The first-order valence-electron chi connectivity index (χ1n) is 10.0. The third kappa shape index (κ3) is 3.66. The van der Waals surface area contributed by atoms with E-state index >= 15 is 0 Å². The van der Waals surface area contributed by atoms with Gasteiger partial charge in [0.25, 0.3) is 11.7 Å². The van der Waals surface area contributed by atoms with Crippen molar-refractivity contribution in [3.63, 3.8) is 0 Å². The van der Waals surface area contributed by atoms with Crippen molar-refractivity contribution < 1.29 is 28.2 Å². The molecule has 4 rings (SSSR count). The van der Waals surface area contributed by atoms with Gasteiger partial charge in [0.2, 0.25) is 0 Å². The molecule has 0 radical (unpaired) electrons. The molecule has 1 aliphatic heterocycles. The number of nitrogens with zero attached hydrogens (tertiary/aromatic N) is 1. The smallest absolute Gasteiger partial charge is 0.296 e. The number of likely N-dealkylation sites (tertiary alicyclic amines) is 1. The van der Waals surface area contributed by atoms with Crippen LogP contribution in [0.25, 0.3) is 5.76 Å². The molecule has 1 atom stereocenters. The maximum atomic E-state index is 13.3. The van der Waals surface area contributed by atoms with Gasteiger partial charge in [-0.1, -0.05) is 12.1 Å². The minimum absolute atomic E-state index is 0.0492. The number of aliphatic hydroxyl groups excluding tert-OH is 1. The molecule has 1 unspecified atom stereocenters. The summed E-state index contributed by atoms with van der Waals surface area (Å²) in [4.78, 5) is 27.4. The lowest BCUT2D eigenvalue weighted by Gasteiger charge is -2.23. The molecule has 7 heteroatoms. The van der Waals surface area contributed by atoms with Crippen molar-refractivity contribution in [3.05, 3.63) is 94.2 Å². The predicted molar refractivity (Wildman–Crippen MR) is 115 cm³/mol. The molecule has 1 N–H and O–H groups in total. The molecule has 32 heavy (non-hydrogen) atoms. The molecule has 1 aromatic heterocycles. The summed E-state index contributed by atoms with van der Waals surface area (Å²) in [7, 11) is 1.55. The number of hydrogen-bond donors (Lipinski definition) is 1. The van der Waals surface area contributed by atoms with E-state index in [1.54, 1.807) is 50.4 Å². The van der Waals surface area contributed by atoms with Crippen molar-refractivity contribution in [2.75, 3.05) is 7.11 Å². The molecular formula is C25H22FNO5. The van der Waals surface area contributed by atoms with E-state index < -0.39 is 23.5 Å². The van der Waals surface area contributed by atoms with Crippen molar-refractivity contribution in [1.82, 2.24) is 4.90 Å². The summed E-state index contributed by atoms with van der Waals surface area (Å²) in [6.07, 6.45) is 1.44. The third-order valence-corrected chi connectivity index (χ3v) is 5.62. The first kappa shape index (κ1) is 21.4. The maximum absolute atomic E-state index is 13.3. The van der Waals surface area contributed by atoms with Crippen LogP contribution < -0.4 is 4.74 Å². The Hall–Kier alpha value is -3.87. The zero-order chi connectivity index (χ0) is 23.0. The molecule has 1 aliphatic rings. The Morgan fingerprint density at radius 3 is 2.47 bits per heavy atom. The van der Waals surface area contributed by atoms with E-state index in [1.807, 2.05) is 6.92 Å². The summed E-state index contributed by atoms with van der Waals surface area (Å²) in [6.45, 7) is 3.66. The summed E-state index contributed by atoms with van der Waals surface area (Å²) >= 11 is 0. The Bertz CT molecular complexity index is 1210. The molecule has 0 spiro atoms. The van der Waals surface area contributed by atoms with Crippen LogP contribution in [0.5, 0.6) is 5.75 Å². The second kappa shape index (κ2) is 8.34. The van der Waals surface area contributed by atoms with Gasteiger partial charge in [-0.15, -0.1) is 0 Å². The quantitative estimate of drug-likeness (QED) is 0.358. The fraction of sp³-hybridized carbons (Fsp3) is 0.200. The standard InChI is InChI=1S/C25H22FNO5/c1-14-12-20(31-3)15(2)11-18(14)23(28)21-22(19-5-4-10-32-19)27(25(30)24(21)29)13-16-6-8-17(26)9-7-16/h4-12,22,28H,13H2,1-3H3/b23-21-. The number of hydrogen-bond acceptors (Lipinski definition) is 5. The van der Waals surface area contributed by atoms with Gasteiger partial charge >= 0.3 is 0 Å². The average Bonchev–Trinajstić information content (AvgIpc) is 3.39. The normalized spacial score (nSPS) is 17.8. The van der Waals surface area contributed by atoms with E-state index in [0.29, 0.717) is 28.2 Å². The van der Waals surface area contributed by atoms with Gasteiger partial charge in [0.05, 0.1) is 18.9 Å². The monoisotopic (exact) mass is 435 g/mol. The highest BCUT2D eigenvalue weighted by Crippen LogP contribution is 2.41. The number of carbonyl (C=O) groups excluding carboxylic acids is 2. The van der Waals surface area contributed by atoms with E-state index in [4.69, 9.17) is 9.15 Å². The molecule has 3 aromatic rings. The average molecular weight is 435 g/mol. The summed E-state index contributed by atoms with van der Waals surface area (Å²) in [5.41, 5.74) is 2.48. The lowest BCUT2D eigenvalue weighted by Crippen LogP contribution is -2.29. The minimum atomic E-state index is -0.920. The van der Waals surface area contributed by atoms with Crippen molar-refractivity contribution in [2.45, 2.75) is 26.4 Å². The Labute approximate surface area is 184 Å². The van der Waals surface area contributed by atoms with Gasteiger partial charge in [0.15, 0.2) is 0 Å². The van der Waals surface area contributed by atoms with Gasteiger partial charge in [-0.3, -0.25) is 9.59 Å². The van der Waals surface area contributed by atoms with Crippen LogP contribution in [0.3, 0.4) is 0 Å². The van der Waals surface area contributed by atoms with Gasteiger partial charge in [-0.05, 0) is 66.9 Å². The van der Waals surface area contributed by atoms with Crippen LogP contribution in [0.4, 0.5) is 4.39 Å². The fourth-order valence-corrected chi connectivity index (χ4v) is 3.98. The van der Waals surface area contributed by atoms with Gasteiger partial charge in [0, 0.05) is 12.1 Å². The van der Waals surface area contributed by atoms with Crippen molar-refractivity contribution in [1.29, 1.82) is 0 Å². The zero-order valence-electron chi connectivity index (χ0n) is 17.9. The van der Waals surface area contributed by atoms with Gasteiger partial charge in [-0.25, -0.2) is 4.39 Å². The number of amides is 1. The van der Waals surface area contributed by atoms with E-state index in [0.717, 1.165) is 5.56 Å². The van der Waals surface area contributed by atoms with Gasteiger partial charge < -0.3 is 19.2 Å². The first-order valence-corrected chi connectivity index (χ1v) is 10.0. The number of halogens is 1. The van der Waals surface area contributed by atoms with E-state index in [1.165, 1.54) is 23.3 Å². The SMILES string of the molecule is COc1cc(C)c(/C(O)=C2/C(=O)C(=O)N(Cc3ccc(F)cc3)C2c2ccco2)cc1C. The summed E-state index contributed by atoms with van der Waals surface area (Å²) < 4.78 is 24.2. The second-order valence-electron chi connectivity index (χ2n) is 7.71. The molecule has 0 aliphatic carbocycles. The number of carbonyl (C=O) groups is 2. The van der Waals surface area contributed by atoms with Crippen molar-refractivity contribution in [2.24, 2.45) is 0 Å². The van der Waals surface area contributed by atoms with Gasteiger partial charge in [0.1, 0.15) is 29.1 Å². The minimum Gasteiger partial charge on any atom is -0.507 e. The molecule has 6 nitrogen and oxygen atoms in total. The summed E-state index contributed by atoms with van der Waals surface area (Å²) in [6, 6.07) is 11.5. The van der Waals surface area contributed by atoms with Crippen LogP contribution in [0.15, 0.2) is 64.8 Å². The largest absolute Gasteiger partial charge is 0.507 e. The van der Waals surface area contributed by atoms with Crippen molar-refractivity contribution in [3.8, 4) is 5.75 Å². The molecule has 1 saturated heterocycles. The maximum Gasteiger partial charge on any atom is 0.296 e. The predicted octanol–water partition coefficient (Wildman–Crippen LogP) is 4.67. The number of benzene rings is 2. The third-order valence-electron chi connectivity index (χ3n) is 5.62. The highest BCUT2D eigenvalue weighted by Gasteiger charge is 2.47. The van der Waals surface area contributed by atoms with Crippen LogP contribution >= 0.6 is 0 Å². The van der Waals surface area contributed by atoms with Gasteiger partial charge in [-0.2, -0.15) is 0 Å². The first-order chi connectivity index (χ1) is 15.3. The van der Waals surface area contributed by atoms with Crippen molar-refractivity contribution >= 4 is 17.4 Å². The fourth-order valence-electron chi connectivity index (χ4n) is 3.98. The number of ketones is 1. The van der Waals surface area contributed by atoms with Crippen LogP contribution in [-0.2, 0) is 16.1 Å². The number of furan rings is 1. The topological polar surface area (TPSA) is 80.0 Å². The highest BCUT2D eigenvalue weighted by atomic mass is 19.1. The molecule has 2 aromatic carbocycles. The lowest BCUT2D eigenvalue weighted by molar-refractivity contribution is -0.140. The molecule has 164 valence electrons. The lowest BCUT2D eigenvalue weighted by atomic mass is 9.95. The Morgan fingerprint density at radius 1 is 1.12 bits per heavy atom. The van der Waals surface area contributed by atoms with Crippen LogP contribution in [0.1, 0.15) is 34.1 Å². The van der Waals surface area contributed by atoms with E-state index in [9.17, 15) is 19.1 Å².